The minimum atomic E-state index is 0.0708. The highest BCUT2D eigenvalue weighted by Gasteiger charge is 2.03. The summed E-state index contributed by atoms with van der Waals surface area (Å²) in [5.41, 5.74) is 0.644. The molecule has 0 aliphatic carbocycles. The van der Waals surface area contributed by atoms with Crippen molar-refractivity contribution in [2.75, 3.05) is 13.2 Å². The Morgan fingerprint density at radius 3 is 2.53 bits per heavy atom. The van der Waals surface area contributed by atoms with E-state index in [-0.39, 0.29) is 6.61 Å². The topological polar surface area (TPSA) is 77.0 Å². The van der Waals surface area contributed by atoms with Crippen molar-refractivity contribution in [2.45, 2.75) is 6.42 Å². The SMILES string of the molecule is N#Cc1ccc(OCCCO)cc1C#N. The Labute approximate surface area is 87.9 Å². The van der Waals surface area contributed by atoms with Crippen LogP contribution in [-0.2, 0) is 0 Å². The largest absolute Gasteiger partial charge is 0.493 e. The van der Waals surface area contributed by atoms with Crippen molar-refractivity contribution >= 4 is 0 Å². The summed E-state index contributed by atoms with van der Waals surface area (Å²) in [6, 6.07) is 8.56. The second kappa shape index (κ2) is 5.64. The quantitative estimate of drug-likeness (QED) is 0.744. The van der Waals surface area contributed by atoms with E-state index in [0.717, 1.165) is 0 Å². The summed E-state index contributed by atoms with van der Waals surface area (Å²) in [6.45, 7) is 0.467. The third-order valence-electron chi connectivity index (χ3n) is 1.80. The highest BCUT2D eigenvalue weighted by molar-refractivity contribution is 5.49. The van der Waals surface area contributed by atoms with Crippen LogP contribution in [0.3, 0.4) is 0 Å². The summed E-state index contributed by atoms with van der Waals surface area (Å²) >= 11 is 0. The Morgan fingerprint density at radius 2 is 1.93 bits per heavy atom. The highest BCUT2D eigenvalue weighted by Crippen LogP contribution is 2.16. The zero-order valence-corrected chi connectivity index (χ0v) is 8.10. The molecular formula is C11H10N2O2. The van der Waals surface area contributed by atoms with Crippen LogP contribution >= 0.6 is 0 Å². The van der Waals surface area contributed by atoms with Gasteiger partial charge in [0.05, 0.1) is 17.7 Å². The molecule has 1 N–H and O–H groups in total. The Morgan fingerprint density at radius 1 is 1.20 bits per heavy atom. The minimum absolute atomic E-state index is 0.0708. The van der Waals surface area contributed by atoms with Crippen molar-refractivity contribution in [1.29, 1.82) is 10.5 Å². The number of aliphatic hydroxyl groups is 1. The number of rotatable bonds is 4. The van der Waals surface area contributed by atoms with Gasteiger partial charge in [0.2, 0.25) is 0 Å². The van der Waals surface area contributed by atoms with Gasteiger partial charge in [-0.05, 0) is 18.2 Å². The fourth-order valence-corrected chi connectivity index (χ4v) is 1.06. The number of nitriles is 2. The number of nitrogens with zero attached hydrogens (tertiary/aromatic N) is 2. The predicted molar refractivity (Wildman–Crippen MR) is 53.1 cm³/mol. The molecule has 0 amide bonds. The van der Waals surface area contributed by atoms with Gasteiger partial charge >= 0.3 is 0 Å². The van der Waals surface area contributed by atoms with Crippen molar-refractivity contribution in [3.05, 3.63) is 29.3 Å². The van der Waals surface area contributed by atoms with Gasteiger partial charge in [0.1, 0.15) is 17.9 Å². The summed E-state index contributed by atoms with van der Waals surface area (Å²) in [4.78, 5) is 0. The first kappa shape index (κ1) is 11.0. The molecule has 0 aliphatic heterocycles. The average Bonchev–Trinajstić information content (AvgIpc) is 2.29. The normalized spacial score (nSPS) is 9.00. The second-order valence-corrected chi connectivity index (χ2v) is 2.86. The molecule has 76 valence electrons. The van der Waals surface area contributed by atoms with Crippen LogP contribution in [0, 0.1) is 22.7 Å². The van der Waals surface area contributed by atoms with E-state index in [2.05, 4.69) is 0 Å². The third-order valence-corrected chi connectivity index (χ3v) is 1.80. The van der Waals surface area contributed by atoms with Gasteiger partial charge in [-0.3, -0.25) is 0 Å². The molecule has 0 spiro atoms. The first-order chi connectivity index (χ1) is 7.31. The van der Waals surface area contributed by atoms with Gasteiger partial charge in [0, 0.05) is 13.0 Å². The minimum Gasteiger partial charge on any atom is -0.493 e. The number of benzene rings is 1. The Hall–Kier alpha value is -2.04. The van der Waals surface area contributed by atoms with Gasteiger partial charge in [0.15, 0.2) is 0 Å². The molecule has 0 aliphatic rings. The molecule has 1 aromatic rings. The van der Waals surface area contributed by atoms with Gasteiger partial charge in [-0.15, -0.1) is 0 Å². The lowest BCUT2D eigenvalue weighted by Crippen LogP contribution is -2.00. The van der Waals surface area contributed by atoms with E-state index in [1.165, 1.54) is 6.07 Å². The van der Waals surface area contributed by atoms with Gasteiger partial charge < -0.3 is 9.84 Å². The summed E-state index contributed by atoms with van der Waals surface area (Å²) in [7, 11) is 0. The van der Waals surface area contributed by atoms with Crippen LogP contribution in [-0.4, -0.2) is 18.3 Å². The van der Waals surface area contributed by atoms with Crippen LogP contribution in [0.2, 0.25) is 0 Å². The van der Waals surface area contributed by atoms with E-state index in [9.17, 15) is 0 Å². The van der Waals surface area contributed by atoms with Crippen molar-refractivity contribution in [3.8, 4) is 17.9 Å². The zero-order valence-electron chi connectivity index (χ0n) is 8.10. The van der Waals surface area contributed by atoms with E-state index >= 15 is 0 Å². The highest BCUT2D eigenvalue weighted by atomic mass is 16.5. The van der Waals surface area contributed by atoms with E-state index in [0.29, 0.717) is 29.9 Å². The maximum atomic E-state index is 8.75. The predicted octanol–water partition coefficient (Wildman–Crippen LogP) is 1.19. The molecule has 4 heteroatoms. The molecule has 0 saturated carbocycles. The van der Waals surface area contributed by atoms with Crippen molar-refractivity contribution in [3.63, 3.8) is 0 Å². The number of ether oxygens (including phenoxy) is 1. The first-order valence-corrected chi connectivity index (χ1v) is 4.49. The molecule has 0 heterocycles. The smallest absolute Gasteiger partial charge is 0.120 e. The lowest BCUT2D eigenvalue weighted by molar-refractivity contribution is 0.233. The van der Waals surface area contributed by atoms with Crippen LogP contribution in [0.5, 0.6) is 5.75 Å². The lowest BCUT2D eigenvalue weighted by Gasteiger charge is -2.05. The van der Waals surface area contributed by atoms with Gasteiger partial charge in [-0.25, -0.2) is 0 Å². The summed E-state index contributed by atoms with van der Waals surface area (Å²) < 4.78 is 5.27. The Balaban J connectivity index is 2.77. The molecule has 0 saturated heterocycles. The van der Waals surface area contributed by atoms with Crippen molar-refractivity contribution < 1.29 is 9.84 Å². The van der Waals surface area contributed by atoms with Gasteiger partial charge in [-0.1, -0.05) is 0 Å². The number of aliphatic hydroxyl groups excluding tert-OH is 1. The monoisotopic (exact) mass is 202 g/mol. The van der Waals surface area contributed by atoms with Crippen molar-refractivity contribution in [1.82, 2.24) is 0 Å². The summed E-state index contributed by atoms with van der Waals surface area (Å²) in [5, 5.41) is 26.0. The molecule has 0 bridgehead atoms. The van der Waals surface area contributed by atoms with Crippen LogP contribution in [0.4, 0.5) is 0 Å². The van der Waals surface area contributed by atoms with Gasteiger partial charge in [0.25, 0.3) is 0 Å². The first-order valence-electron chi connectivity index (χ1n) is 4.49. The fraction of sp³-hybridized carbons (Fsp3) is 0.273. The Kier molecular flexibility index (Phi) is 4.15. The molecule has 0 atom stereocenters. The molecular weight excluding hydrogens is 192 g/mol. The Bertz CT molecular complexity index is 416. The second-order valence-electron chi connectivity index (χ2n) is 2.86. The van der Waals surface area contributed by atoms with Crippen LogP contribution in [0.25, 0.3) is 0 Å². The van der Waals surface area contributed by atoms with E-state index < -0.39 is 0 Å². The fourth-order valence-electron chi connectivity index (χ4n) is 1.06. The molecule has 0 radical (unpaired) electrons. The standard InChI is InChI=1S/C11H10N2O2/c12-7-9-2-3-11(6-10(9)8-13)15-5-1-4-14/h2-3,6,14H,1,4-5H2. The average molecular weight is 202 g/mol. The van der Waals surface area contributed by atoms with E-state index in [1.54, 1.807) is 12.1 Å². The third kappa shape index (κ3) is 2.98. The molecule has 1 rings (SSSR count). The van der Waals surface area contributed by atoms with E-state index in [4.69, 9.17) is 20.4 Å². The van der Waals surface area contributed by atoms with Gasteiger partial charge in [-0.2, -0.15) is 10.5 Å². The number of hydrogen-bond acceptors (Lipinski definition) is 4. The lowest BCUT2D eigenvalue weighted by atomic mass is 10.1. The van der Waals surface area contributed by atoms with Crippen molar-refractivity contribution in [2.24, 2.45) is 0 Å². The molecule has 0 aromatic heterocycles. The van der Waals surface area contributed by atoms with Crippen LogP contribution in [0.15, 0.2) is 18.2 Å². The molecule has 15 heavy (non-hydrogen) atoms. The molecule has 1 aromatic carbocycles. The molecule has 4 nitrogen and oxygen atoms in total. The van der Waals surface area contributed by atoms with E-state index in [1.807, 2.05) is 12.1 Å². The zero-order chi connectivity index (χ0) is 11.1. The van der Waals surface area contributed by atoms with Crippen LogP contribution in [0.1, 0.15) is 17.5 Å². The summed E-state index contributed by atoms with van der Waals surface area (Å²) in [5.74, 6) is 0.541. The van der Waals surface area contributed by atoms with Crippen LogP contribution < -0.4 is 4.74 Å². The summed E-state index contributed by atoms with van der Waals surface area (Å²) in [6.07, 6.45) is 0.544. The maximum absolute atomic E-state index is 8.75. The number of hydrogen-bond donors (Lipinski definition) is 1. The molecule has 0 fully saturated rings. The molecule has 0 unspecified atom stereocenters. The maximum Gasteiger partial charge on any atom is 0.120 e.